The van der Waals surface area contributed by atoms with Crippen LogP contribution >= 0.6 is 0 Å². The first-order valence-corrected chi connectivity index (χ1v) is 10.6. The predicted octanol–water partition coefficient (Wildman–Crippen LogP) is 5.09. The molecule has 1 aromatic heterocycles. The number of hydrogen-bond acceptors (Lipinski definition) is 6. The number of fused-ring (bicyclic) bond motifs is 1. The maximum atomic E-state index is 13.2. The van der Waals surface area contributed by atoms with E-state index in [4.69, 9.17) is 14.2 Å². The van der Waals surface area contributed by atoms with Crippen molar-refractivity contribution in [1.29, 1.82) is 0 Å². The highest BCUT2D eigenvalue weighted by Crippen LogP contribution is 2.31. The molecule has 0 fully saturated rings. The van der Waals surface area contributed by atoms with Crippen LogP contribution in [0.1, 0.15) is 48.8 Å². The SMILES string of the molecule is CCCOc1nc2cc(C)c(C)cc2nc1C(=O)Nc1cc(OCC)ccc1OCC. The number of carbonyl (C=O) groups is 1. The smallest absolute Gasteiger partial charge is 0.280 e. The third kappa shape index (κ3) is 5.23. The number of ether oxygens (including phenoxy) is 3. The van der Waals surface area contributed by atoms with E-state index in [1.54, 1.807) is 18.2 Å². The van der Waals surface area contributed by atoms with Crippen molar-refractivity contribution in [2.75, 3.05) is 25.1 Å². The Morgan fingerprint density at radius 3 is 2.23 bits per heavy atom. The zero-order valence-corrected chi connectivity index (χ0v) is 18.7. The number of rotatable bonds is 9. The summed E-state index contributed by atoms with van der Waals surface area (Å²) in [6, 6.07) is 9.20. The molecule has 164 valence electrons. The molecule has 0 unspecified atom stereocenters. The zero-order valence-electron chi connectivity index (χ0n) is 18.7. The van der Waals surface area contributed by atoms with Crippen molar-refractivity contribution in [2.45, 2.75) is 41.0 Å². The van der Waals surface area contributed by atoms with Gasteiger partial charge in [-0.15, -0.1) is 0 Å². The van der Waals surface area contributed by atoms with Gasteiger partial charge in [-0.25, -0.2) is 9.97 Å². The maximum absolute atomic E-state index is 13.2. The second-order valence-electron chi connectivity index (χ2n) is 7.13. The summed E-state index contributed by atoms with van der Waals surface area (Å²) >= 11 is 0. The number of benzene rings is 2. The topological polar surface area (TPSA) is 82.6 Å². The van der Waals surface area contributed by atoms with Crippen LogP contribution in [0.25, 0.3) is 11.0 Å². The summed E-state index contributed by atoms with van der Waals surface area (Å²) in [6.07, 6.45) is 0.790. The van der Waals surface area contributed by atoms with Crippen LogP contribution in [-0.4, -0.2) is 35.7 Å². The Kier molecular flexibility index (Phi) is 7.28. The third-order valence-corrected chi connectivity index (χ3v) is 4.72. The molecule has 0 saturated heterocycles. The van der Waals surface area contributed by atoms with Gasteiger partial charge in [0.1, 0.15) is 11.5 Å². The first-order chi connectivity index (χ1) is 15.0. The summed E-state index contributed by atoms with van der Waals surface area (Å²) < 4.78 is 17.0. The third-order valence-electron chi connectivity index (χ3n) is 4.72. The van der Waals surface area contributed by atoms with E-state index in [-0.39, 0.29) is 11.6 Å². The lowest BCUT2D eigenvalue weighted by Crippen LogP contribution is -2.18. The van der Waals surface area contributed by atoms with Crippen molar-refractivity contribution in [3.63, 3.8) is 0 Å². The summed E-state index contributed by atoms with van der Waals surface area (Å²) in [7, 11) is 0. The van der Waals surface area contributed by atoms with Gasteiger partial charge in [-0.1, -0.05) is 6.92 Å². The van der Waals surface area contributed by atoms with Gasteiger partial charge in [-0.2, -0.15) is 0 Å². The maximum Gasteiger partial charge on any atom is 0.280 e. The summed E-state index contributed by atoms with van der Waals surface area (Å²) in [6.45, 7) is 11.2. The quantitative estimate of drug-likeness (QED) is 0.516. The average molecular weight is 424 g/mol. The average Bonchev–Trinajstić information content (AvgIpc) is 2.74. The minimum atomic E-state index is -0.423. The van der Waals surface area contributed by atoms with Crippen molar-refractivity contribution in [3.8, 4) is 17.4 Å². The second-order valence-corrected chi connectivity index (χ2v) is 7.13. The van der Waals surface area contributed by atoms with Crippen molar-refractivity contribution >= 4 is 22.6 Å². The van der Waals surface area contributed by atoms with Gasteiger partial charge in [0, 0.05) is 6.07 Å². The Hall–Kier alpha value is -3.35. The molecule has 0 aliphatic heterocycles. The van der Waals surface area contributed by atoms with Gasteiger partial charge in [-0.05, 0) is 69.5 Å². The molecule has 31 heavy (non-hydrogen) atoms. The molecule has 0 atom stereocenters. The molecular weight excluding hydrogens is 394 g/mol. The van der Waals surface area contributed by atoms with Crippen LogP contribution in [0.4, 0.5) is 5.69 Å². The number of aromatic nitrogens is 2. The van der Waals surface area contributed by atoms with E-state index in [1.807, 2.05) is 46.8 Å². The van der Waals surface area contributed by atoms with Crippen LogP contribution < -0.4 is 19.5 Å². The van der Waals surface area contributed by atoms with E-state index in [9.17, 15) is 4.79 Å². The molecule has 2 aromatic carbocycles. The lowest BCUT2D eigenvalue weighted by Gasteiger charge is -2.15. The molecule has 1 heterocycles. The number of nitrogens with zero attached hydrogens (tertiary/aromatic N) is 2. The number of nitrogens with one attached hydrogen (secondary N) is 1. The van der Waals surface area contributed by atoms with Gasteiger partial charge in [0.15, 0.2) is 5.69 Å². The Morgan fingerprint density at radius 1 is 0.903 bits per heavy atom. The molecule has 0 radical (unpaired) electrons. The minimum Gasteiger partial charge on any atom is -0.494 e. The minimum absolute atomic E-state index is 0.133. The molecule has 3 aromatic rings. The summed E-state index contributed by atoms with van der Waals surface area (Å²) in [5, 5.41) is 2.89. The van der Waals surface area contributed by atoms with Crippen LogP contribution in [0, 0.1) is 13.8 Å². The standard InChI is InChI=1S/C24H29N3O4/c1-6-11-31-24-22(25-18-12-15(4)16(5)13-19(18)27-24)23(28)26-20-14-17(29-7-2)9-10-21(20)30-8-3/h9-10,12-14H,6-8,11H2,1-5H3,(H,26,28). The first kappa shape index (κ1) is 22.3. The molecule has 1 amide bonds. The number of aryl methyl sites for hydroxylation is 2. The van der Waals surface area contributed by atoms with E-state index >= 15 is 0 Å². The second kappa shape index (κ2) is 10.1. The van der Waals surface area contributed by atoms with Gasteiger partial charge in [0.25, 0.3) is 5.91 Å². The molecule has 0 aliphatic carbocycles. The Morgan fingerprint density at radius 2 is 1.58 bits per heavy atom. The predicted molar refractivity (Wildman–Crippen MR) is 122 cm³/mol. The Balaban J connectivity index is 2.02. The number of anilines is 1. The van der Waals surface area contributed by atoms with Gasteiger partial charge in [-0.3, -0.25) is 4.79 Å². The normalized spacial score (nSPS) is 10.7. The summed E-state index contributed by atoms with van der Waals surface area (Å²) in [5.41, 5.74) is 4.16. The lowest BCUT2D eigenvalue weighted by molar-refractivity contribution is 0.101. The highest BCUT2D eigenvalue weighted by molar-refractivity contribution is 6.06. The molecule has 0 spiro atoms. The van der Waals surface area contributed by atoms with Crippen LogP contribution in [-0.2, 0) is 0 Å². The highest BCUT2D eigenvalue weighted by atomic mass is 16.5. The fraction of sp³-hybridized carbons (Fsp3) is 0.375. The number of hydrogen-bond donors (Lipinski definition) is 1. The van der Waals surface area contributed by atoms with Crippen molar-refractivity contribution in [3.05, 3.63) is 47.2 Å². The summed E-state index contributed by atoms with van der Waals surface area (Å²) in [5.74, 6) is 0.984. The van der Waals surface area contributed by atoms with Gasteiger partial charge < -0.3 is 19.5 Å². The van der Waals surface area contributed by atoms with E-state index in [0.29, 0.717) is 48.0 Å². The van der Waals surface area contributed by atoms with Crippen LogP contribution in [0.2, 0.25) is 0 Å². The fourth-order valence-corrected chi connectivity index (χ4v) is 3.07. The van der Waals surface area contributed by atoms with Crippen LogP contribution in [0.15, 0.2) is 30.3 Å². The molecule has 7 nitrogen and oxygen atoms in total. The molecule has 3 rings (SSSR count). The van der Waals surface area contributed by atoms with Gasteiger partial charge >= 0.3 is 0 Å². The molecule has 7 heteroatoms. The summed E-state index contributed by atoms with van der Waals surface area (Å²) in [4.78, 5) is 22.4. The van der Waals surface area contributed by atoms with Gasteiger partial charge in [0.05, 0.1) is 36.5 Å². The van der Waals surface area contributed by atoms with Crippen LogP contribution in [0.5, 0.6) is 17.4 Å². The Bertz CT molecular complexity index is 1080. The fourth-order valence-electron chi connectivity index (χ4n) is 3.07. The zero-order chi connectivity index (χ0) is 22.4. The van der Waals surface area contributed by atoms with E-state index in [0.717, 1.165) is 17.5 Å². The van der Waals surface area contributed by atoms with E-state index in [1.165, 1.54) is 0 Å². The van der Waals surface area contributed by atoms with Crippen molar-refractivity contribution < 1.29 is 19.0 Å². The van der Waals surface area contributed by atoms with Crippen LogP contribution in [0.3, 0.4) is 0 Å². The van der Waals surface area contributed by atoms with Crippen molar-refractivity contribution in [1.82, 2.24) is 9.97 Å². The monoisotopic (exact) mass is 423 g/mol. The van der Waals surface area contributed by atoms with E-state index in [2.05, 4.69) is 15.3 Å². The van der Waals surface area contributed by atoms with Crippen molar-refractivity contribution in [2.24, 2.45) is 0 Å². The lowest BCUT2D eigenvalue weighted by atomic mass is 10.1. The first-order valence-electron chi connectivity index (χ1n) is 10.6. The van der Waals surface area contributed by atoms with Gasteiger partial charge in [0.2, 0.25) is 5.88 Å². The molecule has 1 N–H and O–H groups in total. The largest absolute Gasteiger partial charge is 0.494 e. The molecular formula is C24H29N3O4. The van der Waals surface area contributed by atoms with E-state index < -0.39 is 5.91 Å². The number of carbonyl (C=O) groups excluding carboxylic acids is 1. The highest BCUT2D eigenvalue weighted by Gasteiger charge is 2.20. The number of amides is 1. The molecule has 0 bridgehead atoms. The molecule has 0 aliphatic rings. The Labute approximate surface area is 182 Å². The molecule has 0 saturated carbocycles.